The van der Waals surface area contributed by atoms with E-state index in [-0.39, 0.29) is 36.7 Å². The minimum atomic E-state index is -0.171. The maximum Gasteiger partial charge on any atom is 0.243 e. The van der Waals surface area contributed by atoms with Crippen LogP contribution in [0.5, 0.6) is 0 Å². The molecule has 0 bridgehead atoms. The van der Waals surface area contributed by atoms with Gasteiger partial charge in [0, 0.05) is 23.1 Å². The SMILES string of the molecule is Cc1cc(Br)ccc1NC(=O)CN(C)C(=O)C1CCNCC1.Cl. The van der Waals surface area contributed by atoms with E-state index < -0.39 is 0 Å². The summed E-state index contributed by atoms with van der Waals surface area (Å²) in [6.45, 7) is 3.76. The Morgan fingerprint density at radius 3 is 2.61 bits per heavy atom. The van der Waals surface area contributed by atoms with Gasteiger partial charge in [0.05, 0.1) is 6.54 Å². The molecule has 1 fully saturated rings. The van der Waals surface area contributed by atoms with Gasteiger partial charge in [-0.05, 0) is 56.6 Å². The van der Waals surface area contributed by atoms with Crippen LogP contribution < -0.4 is 10.6 Å². The molecule has 0 radical (unpaired) electrons. The van der Waals surface area contributed by atoms with E-state index in [2.05, 4.69) is 26.6 Å². The minimum Gasteiger partial charge on any atom is -0.336 e. The normalized spacial score (nSPS) is 14.7. The third-order valence-corrected chi connectivity index (χ3v) is 4.40. The zero-order valence-corrected chi connectivity index (χ0v) is 15.8. The molecule has 0 saturated carbocycles. The largest absolute Gasteiger partial charge is 0.336 e. The predicted octanol–water partition coefficient (Wildman–Crippen LogP) is 2.58. The number of hydrogen-bond acceptors (Lipinski definition) is 3. The van der Waals surface area contributed by atoms with Crippen molar-refractivity contribution in [1.29, 1.82) is 0 Å². The highest BCUT2D eigenvalue weighted by atomic mass is 79.9. The molecular formula is C16H23BrClN3O2. The second kappa shape index (κ2) is 9.25. The quantitative estimate of drug-likeness (QED) is 0.811. The van der Waals surface area contributed by atoms with Crippen LogP contribution in [-0.2, 0) is 9.59 Å². The number of aryl methyl sites for hydroxylation is 1. The third kappa shape index (κ3) is 5.79. The Morgan fingerprint density at radius 1 is 1.35 bits per heavy atom. The smallest absolute Gasteiger partial charge is 0.243 e. The summed E-state index contributed by atoms with van der Waals surface area (Å²) in [7, 11) is 1.69. The first-order valence-electron chi connectivity index (χ1n) is 7.49. The molecule has 1 aromatic carbocycles. The third-order valence-electron chi connectivity index (χ3n) is 3.91. The van der Waals surface area contributed by atoms with E-state index in [1.54, 1.807) is 7.05 Å². The van der Waals surface area contributed by atoms with Crippen molar-refractivity contribution in [2.75, 3.05) is 32.0 Å². The molecule has 128 valence electrons. The molecule has 0 spiro atoms. The lowest BCUT2D eigenvalue weighted by atomic mass is 9.97. The number of nitrogens with one attached hydrogen (secondary N) is 2. The van der Waals surface area contributed by atoms with Crippen LogP contribution in [0.3, 0.4) is 0 Å². The summed E-state index contributed by atoms with van der Waals surface area (Å²) < 4.78 is 0.973. The van der Waals surface area contributed by atoms with Gasteiger partial charge < -0.3 is 15.5 Å². The van der Waals surface area contributed by atoms with Crippen molar-refractivity contribution in [1.82, 2.24) is 10.2 Å². The molecule has 1 aromatic rings. The van der Waals surface area contributed by atoms with Crippen LogP contribution in [0.4, 0.5) is 5.69 Å². The molecule has 0 unspecified atom stereocenters. The second-order valence-corrected chi connectivity index (χ2v) is 6.64. The van der Waals surface area contributed by atoms with Gasteiger partial charge in [-0.1, -0.05) is 15.9 Å². The van der Waals surface area contributed by atoms with Crippen molar-refractivity contribution in [2.45, 2.75) is 19.8 Å². The summed E-state index contributed by atoms with van der Waals surface area (Å²) in [6.07, 6.45) is 1.69. The van der Waals surface area contributed by atoms with E-state index >= 15 is 0 Å². The summed E-state index contributed by atoms with van der Waals surface area (Å²) in [5, 5.41) is 6.10. The standard InChI is InChI=1S/C16H22BrN3O2.ClH/c1-11-9-13(17)3-4-14(11)19-15(21)10-20(2)16(22)12-5-7-18-8-6-12;/h3-4,9,12,18H,5-8,10H2,1-2H3,(H,19,21);1H. The highest BCUT2D eigenvalue weighted by Gasteiger charge is 2.24. The molecule has 2 rings (SSSR count). The molecule has 0 atom stereocenters. The van der Waals surface area contributed by atoms with Crippen molar-refractivity contribution in [2.24, 2.45) is 5.92 Å². The Balaban J connectivity index is 0.00000264. The molecular weight excluding hydrogens is 382 g/mol. The number of hydrogen-bond donors (Lipinski definition) is 2. The average Bonchev–Trinajstić information content (AvgIpc) is 2.50. The average molecular weight is 405 g/mol. The van der Waals surface area contributed by atoms with Crippen molar-refractivity contribution in [3.8, 4) is 0 Å². The Bertz CT molecular complexity index is 562. The number of carbonyl (C=O) groups is 2. The summed E-state index contributed by atoms with van der Waals surface area (Å²) in [5.74, 6) is -0.0761. The summed E-state index contributed by atoms with van der Waals surface area (Å²) >= 11 is 3.40. The lowest BCUT2D eigenvalue weighted by Crippen LogP contribution is -2.42. The first kappa shape index (κ1) is 19.9. The van der Waals surface area contributed by atoms with Gasteiger partial charge in [0.2, 0.25) is 11.8 Å². The van der Waals surface area contributed by atoms with Gasteiger partial charge >= 0.3 is 0 Å². The highest BCUT2D eigenvalue weighted by Crippen LogP contribution is 2.20. The maximum absolute atomic E-state index is 12.3. The van der Waals surface area contributed by atoms with Gasteiger partial charge in [0.1, 0.15) is 0 Å². The fourth-order valence-electron chi connectivity index (χ4n) is 2.63. The summed E-state index contributed by atoms with van der Waals surface area (Å²) in [5.41, 5.74) is 1.76. The number of rotatable bonds is 4. The Morgan fingerprint density at radius 2 is 2.00 bits per heavy atom. The van der Waals surface area contributed by atoms with Crippen molar-refractivity contribution in [3.63, 3.8) is 0 Å². The van der Waals surface area contributed by atoms with Gasteiger partial charge in [-0.3, -0.25) is 9.59 Å². The lowest BCUT2D eigenvalue weighted by molar-refractivity contribution is -0.137. The van der Waals surface area contributed by atoms with Gasteiger partial charge in [-0.15, -0.1) is 12.4 Å². The zero-order chi connectivity index (χ0) is 16.1. The number of likely N-dealkylation sites (N-methyl/N-ethyl adjacent to an activating group) is 1. The molecule has 5 nitrogen and oxygen atoms in total. The van der Waals surface area contributed by atoms with Crippen LogP contribution in [0.25, 0.3) is 0 Å². The number of halogens is 2. The highest BCUT2D eigenvalue weighted by molar-refractivity contribution is 9.10. The molecule has 1 saturated heterocycles. The fraction of sp³-hybridized carbons (Fsp3) is 0.500. The fourth-order valence-corrected chi connectivity index (χ4v) is 3.11. The summed E-state index contributed by atoms with van der Waals surface area (Å²) in [6, 6.07) is 5.68. The van der Waals surface area contributed by atoms with Crippen molar-refractivity contribution in [3.05, 3.63) is 28.2 Å². The van der Waals surface area contributed by atoms with Gasteiger partial charge in [0.25, 0.3) is 0 Å². The van der Waals surface area contributed by atoms with Gasteiger partial charge in [-0.2, -0.15) is 0 Å². The zero-order valence-electron chi connectivity index (χ0n) is 13.4. The number of piperidine rings is 1. The van der Waals surface area contributed by atoms with E-state index in [1.807, 2.05) is 25.1 Å². The number of carbonyl (C=O) groups excluding carboxylic acids is 2. The predicted molar refractivity (Wildman–Crippen MR) is 98.0 cm³/mol. The van der Waals surface area contributed by atoms with Crippen LogP contribution in [0.15, 0.2) is 22.7 Å². The molecule has 7 heteroatoms. The van der Waals surface area contributed by atoms with E-state index in [1.165, 1.54) is 4.90 Å². The maximum atomic E-state index is 12.3. The molecule has 1 heterocycles. The number of benzene rings is 1. The van der Waals surface area contributed by atoms with E-state index in [0.717, 1.165) is 41.7 Å². The molecule has 1 aliphatic heterocycles. The summed E-state index contributed by atoms with van der Waals surface area (Å²) in [4.78, 5) is 26.0. The van der Waals surface area contributed by atoms with Crippen molar-refractivity contribution >= 4 is 45.8 Å². The molecule has 1 aliphatic rings. The Hall–Kier alpha value is -1.11. The number of nitrogens with zero attached hydrogens (tertiary/aromatic N) is 1. The Kier molecular flexibility index (Phi) is 8.02. The van der Waals surface area contributed by atoms with Crippen LogP contribution in [-0.4, -0.2) is 43.4 Å². The van der Waals surface area contributed by atoms with Crippen LogP contribution in [0.2, 0.25) is 0 Å². The monoisotopic (exact) mass is 403 g/mol. The second-order valence-electron chi connectivity index (χ2n) is 5.73. The lowest BCUT2D eigenvalue weighted by Gasteiger charge is -2.26. The topological polar surface area (TPSA) is 61.4 Å². The number of anilines is 1. The molecule has 2 N–H and O–H groups in total. The van der Waals surface area contributed by atoms with Crippen LogP contribution >= 0.6 is 28.3 Å². The first-order chi connectivity index (χ1) is 10.5. The molecule has 0 aliphatic carbocycles. The molecule has 2 amide bonds. The minimum absolute atomic E-state index is 0. The first-order valence-corrected chi connectivity index (χ1v) is 8.28. The number of amides is 2. The van der Waals surface area contributed by atoms with E-state index in [0.29, 0.717) is 0 Å². The van der Waals surface area contributed by atoms with Gasteiger partial charge in [-0.25, -0.2) is 0 Å². The van der Waals surface area contributed by atoms with E-state index in [9.17, 15) is 9.59 Å². The van der Waals surface area contributed by atoms with Crippen LogP contribution in [0.1, 0.15) is 18.4 Å². The van der Waals surface area contributed by atoms with Crippen LogP contribution in [0, 0.1) is 12.8 Å². The van der Waals surface area contributed by atoms with Gasteiger partial charge in [0.15, 0.2) is 0 Å². The Labute approximate surface area is 151 Å². The molecule has 0 aromatic heterocycles. The molecule has 23 heavy (non-hydrogen) atoms. The van der Waals surface area contributed by atoms with Crippen molar-refractivity contribution < 1.29 is 9.59 Å². The van der Waals surface area contributed by atoms with E-state index in [4.69, 9.17) is 0 Å².